The van der Waals surface area contributed by atoms with Gasteiger partial charge in [-0.3, -0.25) is 4.79 Å². The summed E-state index contributed by atoms with van der Waals surface area (Å²) in [6, 6.07) is 19.3. The number of phenolic OH excluding ortho intramolecular Hbond substituents is 1. The monoisotopic (exact) mass is 396 g/mol. The summed E-state index contributed by atoms with van der Waals surface area (Å²) in [5, 5.41) is 9.83. The minimum atomic E-state index is -0.0945. The van der Waals surface area contributed by atoms with Gasteiger partial charge in [-0.25, -0.2) is 0 Å². The number of phenols is 1. The van der Waals surface area contributed by atoms with Crippen molar-refractivity contribution in [1.29, 1.82) is 0 Å². The van der Waals surface area contributed by atoms with Crippen molar-refractivity contribution < 1.29 is 14.6 Å². The largest absolute Gasteiger partial charge is 0.507 e. The molecular formula is C21H17BrO3. The van der Waals surface area contributed by atoms with Crippen molar-refractivity contribution in [2.24, 2.45) is 0 Å². The molecule has 4 heteroatoms. The molecule has 0 heterocycles. The highest BCUT2D eigenvalue weighted by molar-refractivity contribution is 9.10. The zero-order valence-electron chi connectivity index (χ0n) is 13.7. The van der Waals surface area contributed by atoms with Crippen molar-refractivity contribution in [1.82, 2.24) is 0 Å². The Hall–Kier alpha value is -2.59. The third-order valence-electron chi connectivity index (χ3n) is 4.12. The van der Waals surface area contributed by atoms with Gasteiger partial charge in [0.05, 0.1) is 10.0 Å². The van der Waals surface area contributed by atoms with Crippen molar-refractivity contribution in [2.75, 3.05) is 0 Å². The Bertz CT molecular complexity index is 905. The number of aldehydes is 1. The van der Waals surface area contributed by atoms with Crippen LogP contribution in [-0.4, -0.2) is 11.4 Å². The molecule has 0 aliphatic heterocycles. The topological polar surface area (TPSA) is 46.5 Å². The molecule has 0 bridgehead atoms. The maximum Gasteiger partial charge on any atom is 0.153 e. The molecule has 0 radical (unpaired) electrons. The quantitative estimate of drug-likeness (QED) is 0.577. The highest BCUT2D eigenvalue weighted by atomic mass is 79.9. The van der Waals surface area contributed by atoms with E-state index >= 15 is 0 Å². The summed E-state index contributed by atoms with van der Waals surface area (Å²) >= 11 is 3.37. The molecule has 0 aromatic heterocycles. The van der Waals surface area contributed by atoms with Gasteiger partial charge in [0.15, 0.2) is 6.29 Å². The van der Waals surface area contributed by atoms with Gasteiger partial charge in [0.25, 0.3) is 0 Å². The lowest BCUT2D eigenvalue weighted by Crippen LogP contribution is -2.00. The standard InChI is InChI=1S/C21H17BrO3/c1-14-16(8-5-9-18(14)15-6-3-2-4-7-15)13-25-21-11-20(24)17(12-23)10-19(21)22/h2-12,24H,13H2,1H3. The van der Waals surface area contributed by atoms with Crippen LogP contribution in [0.15, 0.2) is 65.1 Å². The van der Waals surface area contributed by atoms with E-state index in [9.17, 15) is 9.90 Å². The Labute approximate surface area is 155 Å². The molecule has 0 saturated heterocycles. The average Bonchev–Trinajstić information content (AvgIpc) is 2.63. The fourth-order valence-corrected chi connectivity index (χ4v) is 3.16. The highest BCUT2D eigenvalue weighted by Gasteiger charge is 2.10. The molecule has 0 amide bonds. The lowest BCUT2D eigenvalue weighted by Gasteiger charge is -2.14. The number of hydrogen-bond donors (Lipinski definition) is 1. The van der Waals surface area contributed by atoms with Gasteiger partial charge < -0.3 is 9.84 Å². The SMILES string of the molecule is Cc1c(COc2cc(O)c(C=O)cc2Br)cccc1-c1ccccc1. The Morgan fingerprint density at radius 2 is 1.84 bits per heavy atom. The number of rotatable bonds is 5. The first-order valence-corrected chi connectivity index (χ1v) is 8.64. The average molecular weight is 397 g/mol. The minimum Gasteiger partial charge on any atom is -0.507 e. The maximum atomic E-state index is 10.9. The van der Waals surface area contributed by atoms with Gasteiger partial charge in [0.1, 0.15) is 18.1 Å². The Kier molecular flexibility index (Phi) is 5.19. The van der Waals surface area contributed by atoms with Crippen molar-refractivity contribution in [2.45, 2.75) is 13.5 Å². The summed E-state index contributed by atoms with van der Waals surface area (Å²) in [5.41, 5.74) is 4.77. The summed E-state index contributed by atoms with van der Waals surface area (Å²) in [4.78, 5) is 10.9. The summed E-state index contributed by atoms with van der Waals surface area (Å²) in [7, 11) is 0. The van der Waals surface area contributed by atoms with E-state index in [0.29, 0.717) is 23.1 Å². The third-order valence-corrected chi connectivity index (χ3v) is 4.74. The van der Waals surface area contributed by atoms with E-state index in [1.165, 1.54) is 11.6 Å². The van der Waals surface area contributed by atoms with E-state index in [1.807, 2.05) is 30.3 Å². The molecule has 0 aliphatic carbocycles. The maximum absolute atomic E-state index is 10.9. The highest BCUT2D eigenvalue weighted by Crippen LogP contribution is 2.33. The van der Waals surface area contributed by atoms with Crippen LogP contribution in [-0.2, 0) is 6.61 Å². The fourth-order valence-electron chi connectivity index (χ4n) is 2.69. The lowest BCUT2D eigenvalue weighted by atomic mass is 9.97. The molecule has 3 nitrogen and oxygen atoms in total. The lowest BCUT2D eigenvalue weighted by molar-refractivity contribution is 0.112. The smallest absolute Gasteiger partial charge is 0.153 e. The van der Waals surface area contributed by atoms with Crippen LogP contribution in [0.5, 0.6) is 11.5 Å². The van der Waals surface area contributed by atoms with Crippen LogP contribution >= 0.6 is 15.9 Å². The predicted octanol–water partition coefficient (Wildman–Crippen LogP) is 5.52. The molecular weight excluding hydrogens is 380 g/mol. The number of hydrogen-bond acceptors (Lipinski definition) is 3. The Morgan fingerprint density at radius 1 is 1.08 bits per heavy atom. The van der Waals surface area contributed by atoms with Crippen LogP contribution in [0.1, 0.15) is 21.5 Å². The molecule has 0 aliphatic rings. The van der Waals surface area contributed by atoms with Gasteiger partial charge in [-0.2, -0.15) is 0 Å². The number of aromatic hydroxyl groups is 1. The molecule has 126 valence electrons. The number of carbonyl (C=O) groups excluding carboxylic acids is 1. The van der Waals surface area contributed by atoms with Crippen LogP contribution in [0.2, 0.25) is 0 Å². The van der Waals surface area contributed by atoms with E-state index in [2.05, 4.69) is 41.1 Å². The van der Waals surface area contributed by atoms with E-state index in [-0.39, 0.29) is 11.3 Å². The summed E-state index contributed by atoms with van der Waals surface area (Å²) in [6.45, 7) is 2.44. The summed E-state index contributed by atoms with van der Waals surface area (Å²) in [5.74, 6) is 0.399. The van der Waals surface area contributed by atoms with Gasteiger partial charge in [0, 0.05) is 6.07 Å². The number of ether oxygens (including phenoxy) is 1. The fraction of sp³-hybridized carbons (Fsp3) is 0.0952. The van der Waals surface area contributed by atoms with Crippen molar-refractivity contribution in [3.05, 3.63) is 81.8 Å². The molecule has 3 aromatic rings. The van der Waals surface area contributed by atoms with Gasteiger partial charge in [-0.15, -0.1) is 0 Å². The molecule has 25 heavy (non-hydrogen) atoms. The zero-order valence-corrected chi connectivity index (χ0v) is 15.3. The van der Waals surface area contributed by atoms with E-state index in [1.54, 1.807) is 6.07 Å². The van der Waals surface area contributed by atoms with Crippen molar-refractivity contribution >= 4 is 22.2 Å². The molecule has 0 spiro atoms. The number of halogens is 1. The Morgan fingerprint density at radius 3 is 2.56 bits per heavy atom. The first-order valence-electron chi connectivity index (χ1n) is 7.84. The molecule has 0 saturated carbocycles. The second-order valence-electron chi connectivity index (χ2n) is 5.70. The number of benzene rings is 3. The first-order chi connectivity index (χ1) is 12.1. The first kappa shape index (κ1) is 17.2. The van der Waals surface area contributed by atoms with Crippen LogP contribution in [0.25, 0.3) is 11.1 Å². The van der Waals surface area contributed by atoms with Crippen LogP contribution in [0, 0.1) is 6.92 Å². The predicted molar refractivity (Wildman–Crippen MR) is 102 cm³/mol. The molecule has 1 N–H and O–H groups in total. The summed E-state index contributed by atoms with van der Waals surface area (Å²) in [6.07, 6.45) is 0.608. The zero-order chi connectivity index (χ0) is 17.8. The van der Waals surface area contributed by atoms with Crippen molar-refractivity contribution in [3.63, 3.8) is 0 Å². The second-order valence-corrected chi connectivity index (χ2v) is 6.56. The third kappa shape index (κ3) is 3.74. The second kappa shape index (κ2) is 7.53. The van der Waals surface area contributed by atoms with Crippen LogP contribution < -0.4 is 4.74 Å². The molecule has 0 unspecified atom stereocenters. The van der Waals surface area contributed by atoms with Gasteiger partial charge in [0.2, 0.25) is 0 Å². The van der Waals surface area contributed by atoms with Crippen LogP contribution in [0.3, 0.4) is 0 Å². The van der Waals surface area contributed by atoms with Crippen LogP contribution in [0.4, 0.5) is 0 Å². The van der Waals surface area contributed by atoms with E-state index < -0.39 is 0 Å². The molecule has 0 fully saturated rings. The molecule has 3 rings (SSSR count). The number of carbonyl (C=O) groups is 1. The summed E-state index contributed by atoms with van der Waals surface area (Å²) < 4.78 is 6.48. The minimum absolute atomic E-state index is 0.0945. The van der Waals surface area contributed by atoms with E-state index in [0.717, 1.165) is 16.7 Å². The van der Waals surface area contributed by atoms with Crippen molar-refractivity contribution in [3.8, 4) is 22.6 Å². The molecule has 3 aromatic carbocycles. The Balaban J connectivity index is 1.85. The van der Waals surface area contributed by atoms with Gasteiger partial charge in [-0.05, 0) is 51.2 Å². The van der Waals surface area contributed by atoms with E-state index in [4.69, 9.17) is 4.74 Å². The normalized spacial score (nSPS) is 10.5. The molecule has 0 atom stereocenters. The van der Waals surface area contributed by atoms with Gasteiger partial charge in [-0.1, -0.05) is 48.5 Å². The van der Waals surface area contributed by atoms with Gasteiger partial charge >= 0.3 is 0 Å².